The largest absolute Gasteiger partial charge is 0.394 e. The van der Waals surface area contributed by atoms with E-state index in [1.165, 1.54) is 0 Å². The number of carbonyl (C=O) groups excluding carboxylic acids is 2. The average Bonchev–Trinajstić information content (AvgIpc) is 3.20. The normalized spacial score (nSPS) is 26.1. The minimum Gasteiger partial charge on any atom is -0.394 e. The van der Waals surface area contributed by atoms with E-state index in [0.717, 1.165) is 37.7 Å². The molecule has 1 saturated carbocycles. The molecule has 0 aromatic heterocycles. The van der Waals surface area contributed by atoms with Crippen molar-refractivity contribution in [2.75, 3.05) is 26.2 Å². The summed E-state index contributed by atoms with van der Waals surface area (Å²) in [5, 5.41) is 13.1. The zero-order valence-corrected chi connectivity index (χ0v) is 16.6. The van der Waals surface area contributed by atoms with Gasteiger partial charge >= 0.3 is 6.03 Å². The molecule has 6 heteroatoms. The number of rotatable bonds is 5. The van der Waals surface area contributed by atoms with Crippen molar-refractivity contribution in [1.29, 1.82) is 0 Å². The van der Waals surface area contributed by atoms with E-state index in [0.29, 0.717) is 19.6 Å². The summed E-state index contributed by atoms with van der Waals surface area (Å²) in [7, 11) is 0. The first-order valence-corrected chi connectivity index (χ1v) is 10.6. The predicted octanol–water partition coefficient (Wildman–Crippen LogP) is 2.34. The summed E-state index contributed by atoms with van der Waals surface area (Å²) in [4.78, 5) is 29.5. The lowest BCUT2D eigenvalue weighted by atomic mass is 9.60. The number of urea groups is 1. The predicted molar refractivity (Wildman–Crippen MR) is 107 cm³/mol. The number of carbonyl (C=O) groups is 2. The Hall–Kier alpha value is -2.08. The zero-order chi connectivity index (χ0) is 19.7. The van der Waals surface area contributed by atoms with Crippen LogP contribution < -0.4 is 5.32 Å². The molecule has 3 fully saturated rings. The summed E-state index contributed by atoms with van der Waals surface area (Å²) in [5.74, 6) is 0.322. The molecule has 3 aliphatic rings. The van der Waals surface area contributed by atoms with Crippen LogP contribution in [0.3, 0.4) is 0 Å². The number of amides is 3. The van der Waals surface area contributed by atoms with Gasteiger partial charge in [0.05, 0.1) is 18.2 Å². The smallest absolute Gasteiger partial charge is 0.317 e. The molecule has 4 rings (SSSR count). The third kappa shape index (κ3) is 2.98. The first-order valence-electron chi connectivity index (χ1n) is 10.6. The van der Waals surface area contributed by atoms with Gasteiger partial charge in [-0.3, -0.25) is 4.79 Å². The summed E-state index contributed by atoms with van der Waals surface area (Å²) in [6.45, 7) is 3.73. The second-order valence-electron chi connectivity index (χ2n) is 8.52. The molecule has 2 saturated heterocycles. The number of nitrogens with zero attached hydrogens (tertiary/aromatic N) is 2. The maximum absolute atomic E-state index is 13.3. The van der Waals surface area contributed by atoms with Crippen LogP contribution in [0.2, 0.25) is 0 Å². The van der Waals surface area contributed by atoms with Gasteiger partial charge in [-0.2, -0.15) is 0 Å². The van der Waals surface area contributed by atoms with Crippen molar-refractivity contribution >= 4 is 11.9 Å². The molecule has 6 nitrogen and oxygen atoms in total. The summed E-state index contributed by atoms with van der Waals surface area (Å²) in [5.41, 5.74) is 0.767. The van der Waals surface area contributed by atoms with Crippen molar-refractivity contribution in [2.24, 2.45) is 5.92 Å². The number of aliphatic hydroxyl groups excluding tert-OH is 1. The van der Waals surface area contributed by atoms with Gasteiger partial charge in [-0.25, -0.2) is 4.79 Å². The fraction of sp³-hybridized carbons (Fsp3) is 0.636. The summed E-state index contributed by atoms with van der Waals surface area (Å²) >= 11 is 0. The molecule has 152 valence electrons. The molecule has 2 N–H and O–H groups in total. The highest BCUT2D eigenvalue weighted by atomic mass is 16.3. The second kappa shape index (κ2) is 7.74. The van der Waals surface area contributed by atoms with Gasteiger partial charge in [-0.15, -0.1) is 0 Å². The Morgan fingerprint density at radius 1 is 1.18 bits per heavy atom. The average molecular weight is 386 g/mol. The topological polar surface area (TPSA) is 72.9 Å². The first-order chi connectivity index (χ1) is 13.6. The highest BCUT2D eigenvalue weighted by Crippen LogP contribution is 2.54. The van der Waals surface area contributed by atoms with Crippen LogP contribution in [0.25, 0.3) is 0 Å². The van der Waals surface area contributed by atoms with Crippen molar-refractivity contribution in [1.82, 2.24) is 15.1 Å². The standard InChI is InChI=1S/C22H31N3O3/c1-2-12-23-21(28)24-14-22(15-24)19(16-8-4-3-5-9-16)18(13-26)25(22)20(27)17-10-6-7-11-17/h3-5,8-9,17-19,26H,2,6-7,10-15H2,1H3,(H,23,28)/t18-,19+/m0/s1. The molecule has 1 spiro atoms. The fourth-order valence-electron chi connectivity index (χ4n) is 5.49. The number of benzene rings is 1. The van der Waals surface area contributed by atoms with Crippen LogP contribution >= 0.6 is 0 Å². The number of hydrogen-bond donors (Lipinski definition) is 2. The molecule has 3 amide bonds. The molecule has 0 radical (unpaired) electrons. The van der Waals surface area contributed by atoms with Gasteiger partial charge in [-0.05, 0) is 24.8 Å². The number of nitrogens with one attached hydrogen (secondary N) is 1. The van der Waals surface area contributed by atoms with E-state index in [9.17, 15) is 14.7 Å². The van der Waals surface area contributed by atoms with Crippen LogP contribution in [-0.2, 0) is 4.79 Å². The van der Waals surface area contributed by atoms with Gasteiger partial charge < -0.3 is 20.2 Å². The molecule has 1 aliphatic carbocycles. The fourth-order valence-corrected chi connectivity index (χ4v) is 5.49. The zero-order valence-electron chi connectivity index (χ0n) is 16.6. The highest BCUT2D eigenvalue weighted by molar-refractivity contribution is 5.84. The Labute approximate surface area is 166 Å². The van der Waals surface area contributed by atoms with Crippen LogP contribution in [0.15, 0.2) is 30.3 Å². The first kappa shape index (κ1) is 19.2. The number of hydrogen-bond acceptors (Lipinski definition) is 3. The summed E-state index contributed by atoms with van der Waals surface area (Å²) in [6, 6.07) is 9.89. The molecule has 2 aliphatic heterocycles. The van der Waals surface area contributed by atoms with Crippen LogP contribution in [0, 0.1) is 5.92 Å². The summed E-state index contributed by atoms with van der Waals surface area (Å²) in [6.07, 6.45) is 5.00. The third-order valence-corrected chi connectivity index (χ3v) is 6.81. The van der Waals surface area contributed by atoms with E-state index < -0.39 is 0 Å². The van der Waals surface area contributed by atoms with Crippen LogP contribution in [0.1, 0.15) is 50.5 Å². The SMILES string of the molecule is CCCNC(=O)N1CC2(C1)[C@H](c1ccccc1)[C@H](CO)N2C(=O)C1CCCC1. The van der Waals surface area contributed by atoms with E-state index in [2.05, 4.69) is 17.4 Å². The quantitative estimate of drug-likeness (QED) is 0.817. The van der Waals surface area contributed by atoms with Gasteiger partial charge in [-0.1, -0.05) is 50.1 Å². The highest BCUT2D eigenvalue weighted by Gasteiger charge is 2.68. The Balaban J connectivity index is 1.58. The van der Waals surface area contributed by atoms with Crippen molar-refractivity contribution < 1.29 is 14.7 Å². The van der Waals surface area contributed by atoms with E-state index in [1.54, 1.807) is 4.90 Å². The van der Waals surface area contributed by atoms with Gasteiger partial charge in [0.1, 0.15) is 0 Å². The van der Waals surface area contributed by atoms with Gasteiger partial charge in [0.2, 0.25) is 5.91 Å². The van der Waals surface area contributed by atoms with E-state index >= 15 is 0 Å². The lowest BCUT2D eigenvalue weighted by molar-refractivity contribution is -0.196. The maximum Gasteiger partial charge on any atom is 0.317 e. The van der Waals surface area contributed by atoms with Crippen LogP contribution in [-0.4, -0.2) is 64.7 Å². The van der Waals surface area contributed by atoms with Gasteiger partial charge in [0, 0.05) is 31.5 Å². The number of likely N-dealkylation sites (tertiary alicyclic amines) is 2. The van der Waals surface area contributed by atoms with E-state index in [-0.39, 0.29) is 42.0 Å². The van der Waals surface area contributed by atoms with E-state index in [4.69, 9.17) is 0 Å². The van der Waals surface area contributed by atoms with Crippen molar-refractivity contribution in [3.63, 3.8) is 0 Å². The van der Waals surface area contributed by atoms with E-state index in [1.807, 2.05) is 30.0 Å². The van der Waals surface area contributed by atoms with Crippen molar-refractivity contribution in [2.45, 2.75) is 56.5 Å². The van der Waals surface area contributed by atoms with Crippen molar-refractivity contribution in [3.05, 3.63) is 35.9 Å². The molecule has 0 bridgehead atoms. The molecular weight excluding hydrogens is 354 g/mol. The molecule has 28 heavy (non-hydrogen) atoms. The van der Waals surface area contributed by atoms with Crippen LogP contribution in [0.5, 0.6) is 0 Å². The van der Waals surface area contributed by atoms with Crippen LogP contribution in [0.4, 0.5) is 4.79 Å². The Bertz CT molecular complexity index is 711. The maximum atomic E-state index is 13.3. The summed E-state index contributed by atoms with van der Waals surface area (Å²) < 4.78 is 0. The molecule has 2 heterocycles. The van der Waals surface area contributed by atoms with Crippen molar-refractivity contribution in [3.8, 4) is 0 Å². The molecule has 2 atom stereocenters. The Morgan fingerprint density at radius 2 is 1.86 bits per heavy atom. The monoisotopic (exact) mass is 385 g/mol. The number of aliphatic hydroxyl groups is 1. The lowest BCUT2D eigenvalue weighted by Crippen LogP contribution is -2.86. The minimum absolute atomic E-state index is 0.0399. The minimum atomic E-state index is -0.377. The molecule has 1 aromatic carbocycles. The Morgan fingerprint density at radius 3 is 2.46 bits per heavy atom. The van der Waals surface area contributed by atoms with Gasteiger partial charge in [0.25, 0.3) is 0 Å². The second-order valence-corrected chi connectivity index (χ2v) is 8.52. The molecule has 0 unspecified atom stereocenters. The molecule has 1 aromatic rings. The third-order valence-electron chi connectivity index (χ3n) is 6.81. The lowest BCUT2D eigenvalue weighted by Gasteiger charge is -2.70. The Kier molecular flexibility index (Phi) is 5.32. The van der Waals surface area contributed by atoms with Gasteiger partial charge in [0.15, 0.2) is 0 Å². The molecular formula is C22H31N3O3.